The van der Waals surface area contributed by atoms with Gasteiger partial charge in [0.25, 0.3) is 0 Å². The van der Waals surface area contributed by atoms with Gasteiger partial charge in [-0.25, -0.2) is 15.0 Å². The summed E-state index contributed by atoms with van der Waals surface area (Å²) in [6.45, 7) is 4.20. The fraction of sp³-hybridized carbons (Fsp3) is 0.269. The number of halogens is 3. The van der Waals surface area contributed by atoms with Gasteiger partial charge < -0.3 is 14.5 Å². The zero-order valence-corrected chi connectivity index (χ0v) is 19.4. The Morgan fingerprint density at radius 2 is 1.56 bits per heavy atom. The van der Waals surface area contributed by atoms with Gasteiger partial charge in [0.2, 0.25) is 0 Å². The molecule has 0 atom stereocenters. The van der Waals surface area contributed by atoms with Crippen molar-refractivity contribution in [1.29, 1.82) is 0 Å². The van der Waals surface area contributed by atoms with Crippen LogP contribution < -0.4 is 4.90 Å². The van der Waals surface area contributed by atoms with E-state index in [1.807, 2.05) is 36.4 Å². The Hall–Kier alpha value is -3.92. The number of pyridine rings is 1. The van der Waals surface area contributed by atoms with Crippen molar-refractivity contribution in [3.8, 4) is 0 Å². The summed E-state index contributed by atoms with van der Waals surface area (Å²) in [7, 11) is 0. The topological polar surface area (TPSA) is 65.9 Å². The minimum absolute atomic E-state index is 0.531. The van der Waals surface area contributed by atoms with Crippen LogP contribution in [0.4, 0.5) is 18.9 Å². The van der Waals surface area contributed by atoms with Gasteiger partial charge in [-0.3, -0.25) is 4.90 Å². The number of aromatic nitrogens is 5. The molecule has 36 heavy (non-hydrogen) atoms. The lowest BCUT2D eigenvalue weighted by Crippen LogP contribution is -2.46. The summed E-state index contributed by atoms with van der Waals surface area (Å²) < 4.78 is 40.8. The number of alkyl halides is 3. The van der Waals surface area contributed by atoms with E-state index >= 15 is 0 Å². The predicted molar refractivity (Wildman–Crippen MR) is 132 cm³/mol. The van der Waals surface area contributed by atoms with Crippen LogP contribution >= 0.6 is 0 Å². The highest BCUT2D eigenvalue weighted by atomic mass is 19.4. The number of hydrogen-bond acceptors (Lipinski definition) is 5. The number of aromatic amines is 1. The summed E-state index contributed by atoms with van der Waals surface area (Å²) in [5.74, 6) is 1.75. The van der Waals surface area contributed by atoms with Gasteiger partial charge in [-0.05, 0) is 48.5 Å². The maximum Gasteiger partial charge on any atom is 0.416 e. The smallest absolute Gasteiger partial charge is 0.369 e. The molecule has 0 aliphatic carbocycles. The maximum atomic E-state index is 12.9. The number of piperazine rings is 1. The number of fused-ring (bicyclic) bond motifs is 2. The van der Waals surface area contributed by atoms with Crippen LogP contribution in [0.5, 0.6) is 0 Å². The van der Waals surface area contributed by atoms with Crippen molar-refractivity contribution in [1.82, 2.24) is 29.4 Å². The van der Waals surface area contributed by atoms with E-state index in [0.717, 1.165) is 77.8 Å². The molecular weight excluding hydrogens is 467 g/mol. The Morgan fingerprint density at radius 1 is 0.806 bits per heavy atom. The maximum absolute atomic E-state index is 12.9. The number of H-pyrrole nitrogens is 1. The fourth-order valence-corrected chi connectivity index (χ4v) is 4.75. The van der Waals surface area contributed by atoms with Crippen molar-refractivity contribution in [3.05, 3.63) is 84.1 Å². The molecule has 184 valence electrons. The first-order valence-electron chi connectivity index (χ1n) is 11.8. The van der Waals surface area contributed by atoms with E-state index in [2.05, 4.69) is 24.3 Å². The molecule has 0 radical (unpaired) electrons. The first-order valence-corrected chi connectivity index (χ1v) is 11.8. The molecule has 0 bridgehead atoms. The van der Waals surface area contributed by atoms with Crippen molar-refractivity contribution in [2.45, 2.75) is 19.3 Å². The molecule has 1 aliphatic heterocycles. The number of rotatable bonds is 5. The van der Waals surface area contributed by atoms with E-state index in [0.29, 0.717) is 13.1 Å². The largest absolute Gasteiger partial charge is 0.416 e. The van der Waals surface area contributed by atoms with Crippen molar-refractivity contribution in [2.75, 3.05) is 31.1 Å². The van der Waals surface area contributed by atoms with Crippen LogP contribution in [0.2, 0.25) is 0 Å². The Kier molecular flexibility index (Phi) is 5.60. The Labute approximate surface area is 205 Å². The van der Waals surface area contributed by atoms with Crippen LogP contribution in [0.3, 0.4) is 0 Å². The summed E-state index contributed by atoms with van der Waals surface area (Å²) in [6.07, 6.45) is -2.55. The van der Waals surface area contributed by atoms with E-state index in [-0.39, 0.29) is 0 Å². The minimum Gasteiger partial charge on any atom is -0.369 e. The lowest BCUT2D eigenvalue weighted by Gasteiger charge is -2.36. The highest BCUT2D eigenvalue weighted by Gasteiger charge is 2.30. The van der Waals surface area contributed by atoms with Crippen LogP contribution in [0.25, 0.3) is 22.2 Å². The Morgan fingerprint density at radius 3 is 2.31 bits per heavy atom. The van der Waals surface area contributed by atoms with E-state index in [1.165, 1.54) is 0 Å². The molecule has 1 fully saturated rings. The molecule has 0 amide bonds. The van der Waals surface area contributed by atoms with Gasteiger partial charge in [0.1, 0.15) is 17.2 Å². The number of hydrogen-bond donors (Lipinski definition) is 1. The van der Waals surface area contributed by atoms with E-state index < -0.39 is 11.7 Å². The molecule has 3 aromatic heterocycles. The minimum atomic E-state index is -4.32. The van der Waals surface area contributed by atoms with Crippen LogP contribution in [0.1, 0.15) is 17.2 Å². The van der Waals surface area contributed by atoms with Crippen molar-refractivity contribution >= 4 is 27.9 Å². The van der Waals surface area contributed by atoms with E-state index in [1.54, 1.807) is 18.3 Å². The number of anilines is 1. The highest BCUT2D eigenvalue weighted by molar-refractivity contribution is 5.75. The molecular formula is C26H24F3N7. The number of imidazole rings is 2. The predicted octanol–water partition coefficient (Wildman–Crippen LogP) is 4.70. The first-order chi connectivity index (χ1) is 17.4. The third-order valence-electron chi connectivity index (χ3n) is 6.63. The summed E-state index contributed by atoms with van der Waals surface area (Å²) in [4.78, 5) is 22.0. The Balaban J connectivity index is 1.18. The quantitative estimate of drug-likeness (QED) is 0.386. The molecule has 0 spiro atoms. The van der Waals surface area contributed by atoms with Crippen LogP contribution in [0.15, 0.2) is 66.9 Å². The molecule has 0 unspecified atom stereocenters. The van der Waals surface area contributed by atoms with Gasteiger partial charge in [0.05, 0.1) is 29.7 Å². The van der Waals surface area contributed by atoms with Crippen molar-refractivity contribution in [2.24, 2.45) is 0 Å². The number of benzene rings is 2. The molecule has 6 rings (SSSR count). The normalized spacial score (nSPS) is 15.2. The molecule has 5 aromatic rings. The van der Waals surface area contributed by atoms with Crippen molar-refractivity contribution in [3.63, 3.8) is 0 Å². The van der Waals surface area contributed by atoms with Crippen LogP contribution in [-0.4, -0.2) is 55.6 Å². The zero-order chi connectivity index (χ0) is 24.7. The molecule has 7 nitrogen and oxygen atoms in total. The first kappa shape index (κ1) is 22.5. The second-order valence-corrected chi connectivity index (χ2v) is 8.97. The van der Waals surface area contributed by atoms with E-state index in [4.69, 9.17) is 9.97 Å². The summed E-state index contributed by atoms with van der Waals surface area (Å²) >= 11 is 0. The summed E-state index contributed by atoms with van der Waals surface area (Å²) in [5.41, 5.74) is 3.76. The number of nitrogens with zero attached hydrogens (tertiary/aromatic N) is 6. The highest BCUT2D eigenvalue weighted by Crippen LogP contribution is 2.31. The third kappa shape index (κ3) is 4.39. The van der Waals surface area contributed by atoms with E-state index in [9.17, 15) is 13.2 Å². The Bertz CT molecular complexity index is 1460. The van der Waals surface area contributed by atoms with Gasteiger partial charge in [0.15, 0.2) is 5.65 Å². The standard InChI is InChI=1S/C26H24F3N7/c27-26(28,29)18-7-9-19(10-8-18)35-14-12-34(13-15-35)17-24-33-22-6-3-11-30-25(22)36(24)16-23-31-20-4-1-2-5-21(20)32-23/h1-11H,12-17H2,(H,31,32). The van der Waals surface area contributed by atoms with Crippen molar-refractivity contribution < 1.29 is 13.2 Å². The lowest BCUT2D eigenvalue weighted by atomic mass is 10.1. The molecule has 4 heterocycles. The molecule has 0 saturated carbocycles. The van der Waals surface area contributed by atoms with Gasteiger partial charge in [-0.1, -0.05) is 12.1 Å². The fourth-order valence-electron chi connectivity index (χ4n) is 4.75. The van der Waals surface area contributed by atoms with Gasteiger partial charge in [0, 0.05) is 38.1 Å². The SMILES string of the molecule is FC(F)(F)c1ccc(N2CCN(Cc3nc4cccnc4n3Cc3nc4ccccc4[nH]3)CC2)cc1. The van der Waals surface area contributed by atoms with Gasteiger partial charge in [-0.2, -0.15) is 13.2 Å². The second kappa shape index (κ2) is 8.94. The second-order valence-electron chi connectivity index (χ2n) is 8.97. The lowest BCUT2D eigenvalue weighted by molar-refractivity contribution is -0.137. The zero-order valence-electron chi connectivity index (χ0n) is 19.4. The molecule has 2 aromatic carbocycles. The van der Waals surface area contributed by atoms with Gasteiger partial charge in [-0.15, -0.1) is 0 Å². The average Bonchev–Trinajstić information content (AvgIpc) is 3.45. The molecule has 1 saturated heterocycles. The third-order valence-corrected chi connectivity index (χ3v) is 6.63. The van der Waals surface area contributed by atoms with Gasteiger partial charge >= 0.3 is 6.18 Å². The average molecular weight is 492 g/mol. The number of nitrogens with one attached hydrogen (secondary N) is 1. The number of para-hydroxylation sites is 2. The molecule has 10 heteroatoms. The summed E-state index contributed by atoms with van der Waals surface area (Å²) in [5, 5.41) is 0. The molecule has 1 aliphatic rings. The van der Waals surface area contributed by atoms with Crippen LogP contribution in [0, 0.1) is 0 Å². The summed E-state index contributed by atoms with van der Waals surface area (Å²) in [6, 6.07) is 17.2. The monoisotopic (exact) mass is 491 g/mol. The molecule has 1 N–H and O–H groups in total. The van der Waals surface area contributed by atoms with Crippen LogP contribution in [-0.2, 0) is 19.3 Å².